The molecule has 4 unspecified atom stereocenters. The molecule has 2 fully saturated rings. The number of hydrogen-bond donors (Lipinski definition) is 3. The van der Waals surface area contributed by atoms with Gasteiger partial charge in [0.25, 0.3) is 0 Å². The molecule has 2 amide bonds. The average Bonchev–Trinajstić information content (AvgIpc) is 2.75. The Morgan fingerprint density at radius 3 is 2.30 bits per heavy atom. The summed E-state index contributed by atoms with van der Waals surface area (Å²) in [5, 5.41) is 15.0. The lowest BCUT2D eigenvalue weighted by atomic mass is 9.97. The number of carboxylic acid groups (broad SMARTS) is 1. The maximum absolute atomic E-state index is 12.1. The van der Waals surface area contributed by atoms with Crippen LogP contribution < -0.4 is 10.6 Å². The zero-order valence-corrected chi connectivity index (χ0v) is 12.2. The normalized spacial score (nSPS) is 34.2. The summed E-state index contributed by atoms with van der Waals surface area (Å²) in [7, 11) is 0. The zero-order valence-electron chi connectivity index (χ0n) is 12.2. The van der Waals surface area contributed by atoms with Crippen LogP contribution in [0.2, 0.25) is 0 Å². The molecule has 2 saturated carbocycles. The van der Waals surface area contributed by atoms with Gasteiger partial charge < -0.3 is 15.7 Å². The van der Waals surface area contributed by atoms with E-state index in [1.807, 2.05) is 0 Å². The van der Waals surface area contributed by atoms with E-state index >= 15 is 0 Å². The van der Waals surface area contributed by atoms with Gasteiger partial charge in [-0.1, -0.05) is 32.6 Å². The van der Waals surface area contributed by atoms with Crippen LogP contribution >= 0.6 is 0 Å². The standard InChI is InChI=1S/C15H26N2O3/c1-10-6-3-2-4-8-12(10)16-15(20)17-13-9-5-7-11(13)14(18)19/h10-13H,2-9H2,1H3,(H,18,19)(H2,16,17,20). The van der Waals surface area contributed by atoms with Crippen LogP contribution in [0.25, 0.3) is 0 Å². The molecule has 0 aromatic heterocycles. The first-order chi connectivity index (χ1) is 9.58. The molecule has 4 atom stereocenters. The summed E-state index contributed by atoms with van der Waals surface area (Å²) >= 11 is 0. The van der Waals surface area contributed by atoms with Crippen molar-refractivity contribution in [2.24, 2.45) is 11.8 Å². The Balaban J connectivity index is 1.83. The molecule has 0 aromatic rings. The van der Waals surface area contributed by atoms with E-state index in [1.165, 1.54) is 12.8 Å². The minimum Gasteiger partial charge on any atom is -0.481 e. The van der Waals surface area contributed by atoms with E-state index in [-0.39, 0.29) is 18.1 Å². The first kappa shape index (κ1) is 15.1. The van der Waals surface area contributed by atoms with Crippen molar-refractivity contribution >= 4 is 12.0 Å². The topological polar surface area (TPSA) is 78.4 Å². The van der Waals surface area contributed by atoms with Gasteiger partial charge in [0.05, 0.1) is 5.92 Å². The predicted octanol–water partition coefficient (Wildman–Crippen LogP) is 2.51. The van der Waals surface area contributed by atoms with Gasteiger partial charge >= 0.3 is 12.0 Å². The van der Waals surface area contributed by atoms with Crippen LogP contribution in [0.4, 0.5) is 4.79 Å². The van der Waals surface area contributed by atoms with Gasteiger partial charge in [0.2, 0.25) is 0 Å². The minimum atomic E-state index is -0.796. The molecule has 0 bridgehead atoms. The first-order valence-electron chi connectivity index (χ1n) is 7.87. The number of amides is 2. The Morgan fingerprint density at radius 2 is 1.55 bits per heavy atom. The number of urea groups is 1. The Bertz CT molecular complexity index is 359. The van der Waals surface area contributed by atoms with Gasteiger partial charge in [-0.3, -0.25) is 4.79 Å². The van der Waals surface area contributed by atoms with E-state index in [0.717, 1.165) is 32.1 Å². The average molecular weight is 282 g/mol. The highest BCUT2D eigenvalue weighted by molar-refractivity contribution is 5.77. The smallest absolute Gasteiger partial charge is 0.315 e. The molecule has 2 rings (SSSR count). The number of nitrogens with one attached hydrogen (secondary N) is 2. The molecule has 0 saturated heterocycles. The van der Waals surface area contributed by atoms with Crippen LogP contribution in [-0.4, -0.2) is 29.2 Å². The predicted molar refractivity (Wildman–Crippen MR) is 76.5 cm³/mol. The lowest BCUT2D eigenvalue weighted by Crippen LogP contribution is -2.49. The largest absolute Gasteiger partial charge is 0.481 e. The third-order valence-electron chi connectivity index (χ3n) is 4.83. The van der Waals surface area contributed by atoms with Gasteiger partial charge in [-0.2, -0.15) is 0 Å². The molecule has 2 aliphatic carbocycles. The highest BCUT2D eigenvalue weighted by Crippen LogP contribution is 2.26. The second-order valence-corrected chi connectivity index (χ2v) is 6.32. The Labute approximate surface area is 120 Å². The maximum atomic E-state index is 12.1. The second-order valence-electron chi connectivity index (χ2n) is 6.32. The summed E-state index contributed by atoms with van der Waals surface area (Å²) in [6.45, 7) is 2.19. The molecule has 2 aliphatic rings. The minimum absolute atomic E-state index is 0.193. The lowest BCUT2D eigenvalue weighted by Gasteiger charge is -2.25. The van der Waals surface area contributed by atoms with Crippen LogP contribution in [0.1, 0.15) is 58.3 Å². The van der Waals surface area contributed by atoms with E-state index in [0.29, 0.717) is 12.3 Å². The van der Waals surface area contributed by atoms with Crippen molar-refractivity contribution in [3.05, 3.63) is 0 Å². The second kappa shape index (κ2) is 6.95. The van der Waals surface area contributed by atoms with Crippen molar-refractivity contribution in [2.45, 2.75) is 70.4 Å². The molecule has 20 heavy (non-hydrogen) atoms. The summed E-state index contributed by atoms with van der Waals surface area (Å²) in [6.07, 6.45) is 8.15. The molecule has 0 aliphatic heterocycles. The maximum Gasteiger partial charge on any atom is 0.315 e. The zero-order chi connectivity index (χ0) is 14.5. The van der Waals surface area contributed by atoms with Crippen LogP contribution in [-0.2, 0) is 4.79 Å². The van der Waals surface area contributed by atoms with Crippen molar-refractivity contribution in [3.8, 4) is 0 Å². The summed E-state index contributed by atoms with van der Waals surface area (Å²) in [5.74, 6) is -0.718. The van der Waals surface area contributed by atoms with Crippen LogP contribution in [0.5, 0.6) is 0 Å². The number of carbonyl (C=O) groups is 2. The molecule has 114 valence electrons. The molecular weight excluding hydrogens is 256 g/mol. The summed E-state index contributed by atoms with van der Waals surface area (Å²) in [5.41, 5.74) is 0. The monoisotopic (exact) mass is 282 g/mol. The van der Waals surface area contributed by atoms with Gasteiger partial charge in [-0.15, -0.1) is 0 Å². The van der Waals surface area contributed by atoms with Crippen LogP contribution in [0, 0.1) is 11.8 Å². The Hall–Kier alpha value is -1.26. The van der Waals surface area contributed by atoms with Crippen molar-refractivity contribution in [1.29, 1.82) is 0 Å². The highest BCUT2D eigenvalue weighted by Gasteiger charge is 2.34. The summed E-state index contributed by atoms with van der Waals surface area (Å²) in [4.78, 5) is 23.2. The first-order valence-corrected chi connectivity index (χ1v) is 7.87. The van der Waals surface area contributed by atoms with Crippen LogP contribution in [0.3, 0.4) is 0 Å². The van der Waals surface area contributed by atoms with Gasteiger partial charge in [-0.05, 0) is 31.6 Å². The molecule has 0 spiro atoms. The van der Waals surface area contributed by atoms with Crippen LogP contribution in [0.15, 0.2) is 0 Å². The number of hydrogen-bond acceptors (Lipinski definition) is 2. The molecule has 5 nitrogen and oxygen atoms in total. The fraction of sp³-hybridized carbons (Fsp3) is 0.867. The Kier molecular flexibility index (Phi) is 5.26. The molecule has 3 N–H and O–H groups in total. The van der Waals surface area contributed by atoms with Crippen molar-refractivity contribution < 1.29 is 14.7 Å². The summed E-state index contributed by atoms with van der Waals surface area (Å²) in [6, 6.07) is -0.183. The lowest BCUT2D eigenvalue weighted by molar-refractivity contribution is -0.142. The van der Waals surface area contributed by atoms with E-state index in [1.54, 1.807) is 0 Å². The third-order valence-corrected chi connectivity index (χ3v) is 4.83. The molecule has 0 radical (unpaired) electrons. The number of carbonyl (C=O) groups excluding carboxylic acids is 1. The van der Waals surface area contributed by atoms with E-state index in [2.05, 4.69) is 17.6 Å². The molecule has 5 heteroatoms. The third kappa shape index (κ3) is 3.87. The Morgan fingerprint density at radius 1 is 0.900 bits per heavy atom. The number of aliphatic carboxylic acids is 1. The fourth-order valence-electron chi connectivity index (χ4n) is 3.51. The quantitative estimate of drug-likeness (QED) is 0.696. The van der Waals surface area contributed by atoms with Gasteiger partial charge in [0.1, 0.15) is 0 Å². The van der Waals surface area contributed by atoms with Gasteiger partial charge in [0.15, 0.2) is 0 Å². The van der Waals surface area contributed by atoms with E-state index in [9.17, 15) is 9.59 Å². The van der Waals surface area contributed by atoms with E-state index in [4.69, 9.17) is 5.11 Å². The molecule has 0 heterocycles. The summed E-state index contributed by atoms with van der Waals surface area (Å²) < 4.78 is 0. The molecular formula is C15H26N2O3. The number of rotatable bonds is 3. The molecule has 0 aromatic carbocycles. The highest BCUT2D eigenvalue weighted by atomic mass is 16.4. The SMILES string of the molecule is CC1CCCCCC1NC(=O)NC1CCCC1C(=O)O. The van der Waals surface area contributed by atoms with Crippen molar-refractivity contribution in [1.82, 2.24) is 10.6 Å². The number of carboxylic acids is 1. The van der Waals surface area contributed by atoms with Crippen molar-refractivity contribution in [3.63, 3.8) is 0 Å². The van der Waals surface area contributed by atoms with Gasteiger partial charge in [-0.25, -0.2) is 4.79 Å². The van der Waals surface area contributed by atoms with Crippen molar-refractivity contribution in [2.75, 3.05) is 0 Å². The van der Waals surface area contributed by atoms with Gasteiger partial charge in [0, 0.05) is 12.1 Å². The van der Waals surface area contributed by atoms with E-state index < -0.39 is 11.9 Å². The fourth-order valence-corrected chi connectivity index (χ4v) is 3.51.